The summed E-state index contributed by atoms with van der Waals surface area (Å²) in [6.07, 6.45) is 3.08. The molecular weight excluding hydrogens is 236 g/mol. The molecule has 2 heterocycles. The Morgan fingerprint density at radius 1 is 1.37 bits per heavy atom. The third-order valence-electron chi connectivity index (χ3n) is 3.31. The van der Waals surface area contributed by atoms with E-state index in [4.69, 9.17) is 0 Å². The molecule has 0 spiro atoms. The summed E-state index contributed by atoms with van der Waals surface area (Å²) in [5.41, 5.74) is 3.72. The van der Waals surface area contributed by atoms with Gasteiger partial charge in [0, 0.05) is 29.3 Å². The minimum Gasteiger partial charge on any atom is -0.361 e. The van der Waals surface area contributed by atoms with Crippen molar-refractivity contribution in [2.24, 2.45) is 10.9 Å². The average Bonchev–Trinajstić information content (AvgIpc) is 2.98. The van der Waals surface area contributed by atoms with Gasteiger partial charge < -0.3 is 15.6 Å². The summed E-state index contributed by atoms with van der Waals surface area (Å²) < 4.78 is 0. The molecule has 0 bridgehead atoms. The largest absolute Gasteiger partial charge is 0.361 e. The Kier molecular flexibility index (Phi) is 3.15. The Morgan fingerprint density at radius 2 is 2.26 bits per heavy atom. The van der Waals surface area contributed by atoms with E-state index in [9.17, 15) is 0 Å². The van der Waals surface area contributed by atoms with Crippen molar-refractivity contribution in [3.8, 4) is 0 Å². The van der Waals surface area contributed by atoms with Gasteiger partial charge in [-0.25, -0.2) is 0 Å². The number of fused-ring (bicyclic) bond motifs is 1. The molecule has 3 N–H and O–H groups in total. The Labute approximate surface area is 113 Å². The lowest BCUT2D eigenvalue weighted by molar-refractivity contribution is 0.650. The van der Waals surface area contributed by atoms with Crippen LogP contribution < -0.4 is 10.6 Å². The van der Waals surface area contributed by atoms with E-state index in [1.165, 1.54) is 16.5 Å². The van der Waals surface area contributed by atoms with Gasteiger partial charge in [0.25, 0.3) is 0 Å². The number of guanidine groups is 1. The summed E-state index contributed by atoms with van der Waals surface area (Å²) in [5.74, 6) is 1.52. The first kappa shape index (κ1) is 12.1. The van der Waals surface area contributed by atoms with E-state index in [1.54, 1.807) is 0 Å². The van der Waals surface area contributed by atoms with Gasteiger partial charge >= 0.3 is 0 Å². The van der Waals surface area contributed by atoms with Gasteiger partial charge in [-0.15, -0.1) is 0 Å². The molecule has 2 aromatic rings. The average molecular weight is 256 g/mol. The summed E-state index contributed by atoms with van der Waals surface area (Å²) in [6.45, 7) is 6.27. The van der Waals surface area contributed by atoms with E-state index in [2.05, 4.69) is 52.7 Å². The predicted molar refractivity (Wildman–Crippen MR) is 80.8 cm³/mol. The minimum atomic E-state index is 0.642. The second-order valence-electron chi connectivity index (χ2n) is 5.46. The first-order valence-corrected chi connectivity index (χ1v) is 6.88. The van der Waals surface area contributed by atoms with Gasteiger partial charge in [-0.3, -0.25) is 4.99 Å². The van der Waals surface area contributed by atoms with Crippen molar-refractivity contribution in [3.05, 3.63) is 30.0 Å². The van der Waals surface area contributed by atoms with Crippen molar-refractivity contribution in [2.45, 2.75) is 20.3 Å². The van der Waals surface area contributed by atoms with Gasteiger partial charge in [-0.2, -0.15) is 0 Å². The van der Waals surface area contributed by atoms with Crippen LogP contribution >= 0.6 is 0 Å². The number of H-pyrrole nitrogens is 1. The van der Waals surface area contributed by atoms with Crippen molar-refractivity contribution in [3.63, 3.8) is 0 Å². The van der Waals surface area contributed by atoms with Crippen LogP contribution in [0.5, 0.6) is 0 Å². The zero-order valence-corrected chi connectivity index (χ0v) is 11.5. The van der Waals surface area contributed by atoms with Gasteiger partial charge in [-0.05, 0) is 36.1 Å². The standard InChI is InChI=1S/C15H20N4/c1-10(2)7-12-9-13(19-15-17-5-6-18-15)8-11-3-4-16-14(11)12/h3-4,8-10,16H,5-7H2,1-2H3,(H2,17,18,19). The number of aromatic amines is 1. The van der Waals surface area contributed by atoms with Gasteiger partial charge in [0.05, 0.1) is 6.54 Å². The highest BCUT2D eigenvalue weighted by Gasteiger charge is 2.10. The summed E-state index contributed by atoms with van der Waals surface area (Å²) >= 11 is 0. The van der Waals surface area contributed by atoms with Crippen LogP contribution in [0.15, 0.2) is 29.4 Å². The molecule has 0 amide bonds. The van der Waals surface area contributed by atoms with Crippen molar-refractivity contribution in [1.29, 1.82) is 0 Å². The molecular formula is C15H20N4. The van der Waals surface area contributed by atoms with Gasteiger partial charge in [-0.1, -0.05) is 13.8 Å². The van der Waals surface area contributed by atoms with E-state index in [0.717, 1.165) is 31.2 Å². The molecule has 1 aliphatic rings. The van der Waals surface area contributed by atoms with Gasteiger partial charge in [0.15, 0.2) is 5.96 Å². The highest BCUT2D eigenvalue weighted by Crippen LogP contribution is 2.25. The quantitative estimate of drug-likeness (QED) is 0.791. The smallest absolute Gasteiger partial charge is 0.195 e. The van der Waals surface area contributed by atoms with Crippen LogP contribution in [0.2, 0.25) is 0 Å². The fourth-order valence-corrected chi connectivity index (χ4v) is 2.54. The number of aliphatic imine (C=N–C) groups is 1. The summed E-state index contributed by atoms with van der Waals surface area (Å²) in [5, 5.41) is 7.85. The van der Waals surface area contributed by atoms with E-state index in [0.29, 0.717) is 5.92 Å². The Balaban J connectivity index is 1.95. The second kappa shape index (κ2) is 4.96. The van der Waals surface area contributed by atoms with Crippen LogP contribution in [0.3, 0.4) is 0 Å². The summed E-state index contributed by atoms with van der Waals surface area (Å²) in [6, 6.07) is 6.51. The lowest BCUT2D eigenvalue weighted by atomic mass is 10.00. The molecule has 100 valence electrons. The molecule has 4 nitrogen and oxygen atoms in total. The normalized spacial score (nSPS) is 14.8. The first-order chi connectivity index (χ1) is 9.22. The molecule has 1 aromatic heterocycles. The number of aromatic nitrogens is 1. The monoisotopic (exact) mass is 256 g/mol. The van der Waals surface area contributed by atoms with Crippen LogP contribution in [-0.2, 0) is 6.42 Å². The predicted octanol–water partition coefficient (Wildman–Crippen LogP) is 2.74. The van der Waals surface area contributed by atoms with Crippen molar-refractivity contribution >= 4 is 22.5 Å². The van der Waals surface area contributed by atoms with Crippen LogP contribution in [-0.4, -0.2) is 24.0 Å². The second-order valence-corrected chi connectivity index (χ2v) is 5.46. The summed E-state index contributed by atoms with van der Waals surface area (Å²) in [7, 11) is 0. The van der Waals surface area contributed by atoms with Crippen LogP contribution in [0.1, 0.15) is 19.4 Å². The number of anilines is 1. The highest BCUT2D eigenvalue weighted by atomic mass is 15.2. The third-order valence-corrected chi connectivity index (χ3v) is 3.31. The SMILES string of the molecule is CC(C)Cc1cc(NC2=NCCN2)cc2cc[nH]c12. The van der Waals surface area contributed by atoms with Crippen molar-refractivity contribution in [1.82, 2.24) is 10.3 Å². The molecule has 0 atom stereocenters. The lowest BCUT2D eigenvalue weighted by Crippen LogP contribution is -2.26. The van der Waals surface area contributed by atoms with Gasteiger partial charge in [0.1, 0.15) is 0 Å². The van der Waals surface area contributed by atoms with Crippen LogP contribution in [0.4, 0.5) is 5.69 Å². The number of nitrogens with one attached hydrogen (secondary N) is 3. The zero-order chi connectivity index (χ0) is 13.2. The molecule has 4 heteroatoms. The van der Waals surface area contributed by atoms with E-state index >= 15 is 0 Å². The van der Waals surface area contributed by atoms with Crippen molar-refractivity contribution in [2.75, 3.05) is 18.4 Å². The summed E-state index contributed by atoms with van der Waals surface area (Å²) in [4.78, 5) is 7.72. The molecule has 3 rings (SSSR count). The Hall–Kier alpha value is -1.97. The highest BCUT2D eigenvalue weighted by molar-refractivity contribution is 5.97. The minimum absolute atomic E-state index is 0.642. The maximum atomic E-state index is 4.38. The van der Waals surface area contributed by atoms with Crippen LogP contribution in [0.25, 0.3) is 10.9 Å². The molecule has 19 heavy (non-hydrogen) atoms. The molecule has 0 saturated heterocycles. The fourth-order valence-electron chi connectivity index (χ4n) is 2.54. The number of nitrogens with zero attached hydrogens (tertiary/aromatic N) is 1. The Bertz CT molecular complexity index is 610. The maximum Gasteiger partial charge on any atom is 0.195 e. The maximum absolute atomic E-state index is 4.38. The van der Waals surface area contributed by atoms with Crippen LogP contribution in [0, 0.1) is 5.92 Å². The molecule has 0 radical (unpaired) electrons. The molecule has 1 aromatic carbocycles. The topological polar surface area (TPSA) is 52.2 Å². The molecule has 0 unspecified atom stereocenters. The molecule has 0 fully saturated rings. The number of benzene rings is 1. The third kappa shape index (κ3) is 2.57. The van der Waals surface area contributed by atoms with E-state index in [-0.39, 0.29) is 0 Å². The number of hydrogen-bond donors (Lipinski definition) is 3. The number of hydrogen-bond acceptors (Lipinski definition) is 3. The number of rotatable bonds is 3. The fraction of sp³-hybridized carbons (Fsp3) is 0.400. The molecule has 1 aliphatic heterocycles. The van der Waals surface area contributed by atoms with Gasteiger partial charge in [0.2, 0.25) is 0 Å². The van der Waals surface area contributed by atoms with Crippen molar-refractivity contribution < 1.29 is 0 Å². The molecule has 0 aliphatic carbocycles. The zero-order valence-electron chi connectivity index (χ0n) is 11.5. The van der Waals surface area contributed by atoms with E-state index < -0.39 is 0 Å². The molecule has 0 saturated carbocycles. The Morgan fingerprint density at radius 3 is 3.00 bits per heavy atom. The van der Waals surface area contributed by atoms with E-state index in [1.807, 2.05) is 6.20 Å². The first-order valence-electron chi connectivity index (χ1n) is 6.88. The lowest BCUT2D eigenvalue weighted by Gasteiger charge is -2.11.